The number of halogens is 4. The Balaban J connectivity index is 4.00. The molecule has 0 amide bonds. The fourth-order valence-corrected chi connectivity index (χ4v) is 1.28. The second-order valence-electron chi connectivity index (χ2n) is 1.85. The van der Waals surface area contributed by atoms with Crippen molar-refractivity contribution in [3.05, 3.63) is 0 Å². The van der Waals surface area contributed by atoms with E-state index >= 15 is 0 Å². The van der Waals surface area contributed by atoms with Crippen LogP contribution in [0.5, 0.6) is 0 Å². The van der Waals surface area contributed by atoms with E-state index in [1.54, 1.807) is 0 Å². The highest BCUT2D eigenvalue weighted by atomic mass is 35.5. The molecule has 66 valence electrons. The van der Waals surface area contributed by atoms with Crippen LogP contribution in [0, 0.1) is 0 Å². The molecule has 3 unspecified atom stereocenters. The first-order chi connectivity index (χ1) is 5.00. The van der Waals surface area contributed by atoms with Gasteiger partial charge in [0.2, 0.25) is 0 Å². The van der Waals surface area contributed by atoms with Crippen molar-refractivity contribution in [2.75, 3.05) is 5.88 Å². The lowest BCUT2D eigenvalue weighted by Gasteiger charge is -2.15. The van der Waals surface area contributed by atoms with Gasteiger partial charge in [-0.15, -0.1) is 46.4 Å². The molecule has 0 bridgehead atoms. The number of carboxylic acid groups (broad SMARTS) is 1. The van der Waals surface area contributed by atoms with Crippen LogP contribution in [-0.2, 0) is 4.79 Å². The Morgan fingerprint density at radius 3 is 2.09 bits per heavy atom. The third kappa shape index (κ3) is 3.70. The monoisotopic (exact) mass is 238 g/mol. The normalized spacial score (nSPS) is 18.9. The van der Waals surface area contributed by atoms with Crippen LogP contribution in [0.2, 0.25) is 0 Å². The molecule has 6 heteroatoms. The zero-order valence-electron chi connectivity index (χ0n) is 5.31. The Labute approximate surface area is 84.4 Å². The maximum absolute atomic E-state index is 10.2. The molecule has 0 heterocycles. The third-order valence-electron chi connectivity index (χ3n) is 1.01. The summed E-state index contributed by atoms with van der Waals surface area (Å²) in [7, 11) is 0. The maximum Gasteiger partial charge on any atom is 0.323 e. The van der Waals surface area contributed by atoms with Gasteiger partial charge in [-0.3, -0.25) is 4.79 Å². The van der Waals surface area contributed by atoms with Crippen LogP contribution >= 0.6 is 46.4 Å². The fourth-order valence-electron chi connectivity index (χ4n) is 0.405. The zero-order chi connectivity index (χ0) is 9.02. The Morgan fingerprint density at radius 2 is 1.82 bits per heavy atom. The Morgan fingerprint density at radius 1 is 1.36 bits per heavy atom. The molecular formula is C5H6Cl4O2. The zero-order valence-corrected chi connectivity index (χ0v) is 8.33. The summed E-state index contributed by atoms with van der Waals surface area (Å²) in [5, 5.41) is 5.70. The first kappa shape index (κ1) is 11.6. The topological polar surface area (TPSA) is 37.3 Å². The van der Waals surface area contributed by atoms with Gasteiger partial charge in [0.15, 0.2) is 0 Å². The molecule has 11 heavy (non-hydrogen) atoms. The van der Waals surface area contributed by atoms with Crippen molar-refractivity contribution < 1.29 is 9.90 Å². The van der Waals surface area contributed by atoms with Gasteiger partial charge < -0.3 is 5.11 Å². The van der Waals surface area contributed by atoms with Gasteiger partial charge >= 0.3 is 5.97 Å². The van der Waals surface area contributed by atoms with Crippen molar-refractivity contribution >= 4 is 52.4 Å². The predicted molar refractivity (Wildman–Crippen MR) is 47.3 cm³/mol. The SMILES string of the molecule is O=C(O)C(Cl)C(Cl)C(Cl)CCl. The van der Waals surface area contributed by atoms with Crippen molar-refractivity contribution in [2.45, 2.75) is 16.1 Å². The Hall–Kier alpha value is 0.630. The van der Waals surface area contributed by atoms with Gasteiger partial charge in [0, 0.05) is 5.88 Å². The second kappa shape index (κ2) is 5.31. The molecule has 0 aromatic carbocycles. The lowest BCUT2D eigenvalue weighted by Crippen LogP contribution is -2.32. The quantitative estimate of drug-likeness (QED) is 0.764. The van der Waals surface area contributed by atoms with Crippen LogP contribution in [0.25, 0.3) is 0 Å². The van der Waals surface area contributed by atoms with Gasteiger partial charge in [0.25, 0.3) is 0 Å². The van der Waals surface area contributed by atoms with Crippen LogP contribution in [0.15, 0.2) is 0 Å². The average Bonchev–Trinajstić information content (AvgIpc) is 2.00. The van der Waals surface area contributed by atoms with Crippen molar-refractivity contribution in [1.29, 1.82) is 0 Å². The summed E-state index contributed by atoms with van der Waals surface area (Å²) in [6.07, 6.45) is 0. The van der Waals surface area contributed by atoms with Gasteiger partial charge in [0.1, 0.15) is 5.38 Å². The van der Waals surface area contributed by atoms with E-state index in [9.17, 15) is 4.79 Å². The van der Waals surface area contributed by atoms with Crippen molar-refractivity contribution in [3.8, 4) is 0 Å². The number of alkyl halides is 4. The van der Waals surface area contributed by atoms with Gasteiger partial charge in [-0.2, -0.15) is 0 Å². The summed E-state index contributed by atoms with van der Waals surface area (Å²) in [5.41, 5.74) is 0. The average molecular weight is 240 g/mol. The molecule has 0 aromatic heterocycles. The molecule has 0 rings (SSSR count). The van der Waals surface area contributed by atoms with Crippen LogP contribution in [0.1, 0.15) is 0 Å². The summed E-state index contributed by atoms with van der Waals surface area (Å²) in [6.45, 7) is 0. The molecule has 1 N–H and O–H groups in total. The Bertz CT molecular complexity index is 140. The highest BCUT2D eigenvalue weighted by Crippen LogP contribution is 2.19. The summed E-state index contributed by atoms with van der Waals surface area (Å²) in [6, 6.07) is 0. The molecule has 0 fully saturated rings. The number of rotatable bonds is 4. The number of carboxylic acids is 1. The molecular weight excluding hydrogens is 234 g/mol. The number of hydrogen-bond donors (Lipinski definition) is 1. The molecule has 0 saturated carbocycles. The minimum Gasteiger partial charge on any atom is -0.480 e. The van der Waals surface area contributed by atoms with Crippen molar-refractivity contribution in [2.24, 2.45) is 0 Å². The van der Waals surface area contributed by atoms with Gasteiger partial charge in [-0.05, 0) is 0 Å². The predicted octanol–water partition coefficient (Wildman–Crippen LogP) is 2.13. The first-order valence-electron chi connectivity index (χ1n) is 2.71. The summed E-state index contributed by atoms with van der Waals surface area (Å²) < 4.78 is 0. The molecule has 0 aliphatic heterocycles. The highest BCUT2D eigenvalue weighted by molar-refractivity contribution is 6.40. The van der Waals surface area contributed by atoms with E-state index in [1.165, 1.54) is 0 Å². The van der Waals surface area contributed by atoms with Crippen molar-refractivity contribution in [3.63, 3.8) is 0 Å². The van der Waals surface area contributed by atoms with Crippen LogP contribution < -0.4 is 0 Å². The van der Waals surface area contributed by atoms with Crippen LogP contribution in [-0.4, -0.2) is 33.1 Å². The van der Waals surface area contributed by atoms with Gasteiger partial charge in [0.05, 0.1) is 10.8 Å². The van der Waals surface area contributed by atoms with E-state index in [-0.39, 0.29) is 5.88 Å². The standard InChI is InChI=1S/C5H6Cl4O2/c6-1-2(7)3(8)4(9)5(10)11/h2-4H,1H2,(H,10,11). The van der Waals surface area contributed by atoms with Crippen LogP contribution in [0.4, 0.5) is 0 Å². The second-order valence-corrected chi connectivity index (χ2v) is 3.70. The molecule has 0 aromatic rings. The number of carbonyl (C=O) groups is 1. The minimum atomic E-state index is -1.20. The van der Waals surface area contributed by atoms with Crippen molar-refractivity contribution in [1.82, 2.24) is 0 Å². The fraction of sp³-hybridized carbons (Fsp3) is 0.800. The smallest absolute Gasteiger partial charge is 0.323 e. The van der Waals surface area contributed by atoms with E-state index < -0.39 is 22.1 Å². The van der Waals surface area contributed by atoms with E-state index in [1.807, 2.05) is 0 Å². The molecule has 2 nitrogen and oxygen atoms in total. The largest absolute Gasteiger partial charge is 0.480 e. The third-order valence-corrected chi connectivity index (χ3v) is 3.20. The first-order valence-corrected chi connectivity index (χ1v) is 4.56. The molecule has 0 saturated heterocycles. The molecule has 0 radical (unpaired) electrons. The molecule has 0 aliphatic rings. The highest BCUT2D eigenvalue weighted by Gasteiger charge is 2.29. The molecule has 0 spiro atoms. The van der Waals surface area contributed by atoms with E-state index in [4.69, 9.17) is 51.5 Å². The van der Waals surface area contributed by atoms with Gasteiger partial charge in [-0.1, -0.05) is 0 Å². The molecule has 0 aliphatic carbocycles. The van der Waals surface area contributed by atoms with E-state index in [0.717, 1.165) is 0 Å². The summed E-state index contributed by atoms with van der Waals surface area (Å²) in [5.74, 6) is -1.12. The number of hydrogen-bond acceptors (Lipinski definition) is 1. The number of aliphatic carboxylic acids is 1. The maximum atomic E-state index is 10.2. The van der Waals surface area contributed by atoms with Gasteiger partial charge in [-0.25, -0.2) is 0 Å². The molecule has 3 atom stereocenters. The Kier molecular flexibility index (Phi) is 5.61. The lowest BCUT2D eigenvalue weighted by atomic mass is 10.2. The summed E-state index contributed by atoms with van der Waals surface area (Å²) >= 11 is 21.8. The lowest BCUT2D eigenvalue weighted by molar-refractivity contribution is -0.136. The van der Waals surface area contributed by atoms with E-state index in [0.29, 0.717) is 0 Å². The summed E-state index contributed by atoms with van der Waals surface area (Å²) in [4.78, 5) is 10.2. The minimum absolute atomic E-state index is 0.0756. The van der Waals surface area contributed by atoms with E-state index in [2.05, 4.69) is 0 Å². The van der Waals surface area contributed by atoms with Crippen LogP contribution in [0.3, 0.4) is 0 Å².